The lowest BCUT2D eigenvalue weighted by Crippen LogP contribution is -2.50. The summed E-state index contributed by atoms with van der Waals surface area (Å²) in [5.41, 5.74) is 0.225. The van der Waals surface area contributed by atoms with Gasteiger partial charge in [0.1, 0.15) is 11.7 Å². The Labute approximate surface area is 163 Å². The van der Waals surface area contributed by atoms with Crippen LogP contribution in [0.25, 0.3) is 16.9 Å². The minimum atomic E-state index is -1.42. The molecule has 1 unspecified atom stereocenters. The standard InChI is InChI=1S/C20H15N5O4/c26-18-16-17(22-11-21-16)24(14-7-2-1-3-8-14)20(28)23(18)12-25(29)10-13-6-4-5-9-15(13)19(25)27/h1-5,7-11H,6,12H2,(H,21,22). The summed E-state index contributed by atoms with van der Waals surface area (Å²) >= 11 is 0. The molecule has 9 heteroatoms. The second-order valence-electron chi connectivity index (χ2n) is 6.90. The molecule has 0 saturated carbocycles. The number of aromatic amines is 1. The second-order valence-corrected chi connectivity index (χ2v) is 6.90. The molecule has 3 aromatic rings. The molecule has 144 valence electrons. The number of benzene rings is 1. The van der Waals surface area contributed by atoms with Crippen LogP contribution in [0.2, 0.25) is 0 Å². The van der Waals surface area contributed by atoms with Crippen LogP contribution in [0.1, 0.15) is 6.42 Å². The lowest BCUT2D eigenvalue weighted by atomic mass is 10.0. The van der Waals surface area contributed by atoms with Gasteiger partial charge in [-0.1, -0.05) is 30.4 Å². The number of imidazole rings is 1. The van der Waals surface area contributed by atoms with Gasteiger partial charge >= 0.3 is 11.6 Å². The van der Waals surface area contributed by atoms with Crippen molar-refractivity contribution in [3.8, 4) is 5.69 Å². The molecule has 0 bridgehead atoms. The maximum atomic E-state index is 13.3. The first-order valence-corrected chi connectivity index (χ1v) is 8.96. The van der Waals surface area contributed by atoms with E-state index in [9.17, 15) is 19.6 Å². The van der Waals surface area contributed by atoms with Crippen molar-refractivity contribution >= 4 is 17.1 Å². The molecule has 1 aromatic carbocycles. The van der Waals surface area contributed by atoms with Gasteiger partial charge in [-0.05, 0) is 24.6 Å². The molecule has 1 atom stereocenters. The Bertz CT molecular complexity index is 1370. The summed E-state index contributed by atoms with van der Waals surface area (Å²) in [6.07, 6.45) is 8.18. The molecule has 1 N–H and O–H groups in total. The number of hydrogen-bond donors (Lipinski definition) is 1. The van der Waals surface area contributed by atoms with Gasteiger partial charge in [-0.3, -0.25) is 4.79 Å². The molecule has 1 aliphatic heterocycles. The molecule has 29 heavy (non-hydrogen) atoms. The third-order valence-corrected chi connectivity index (χ3v) is 5.10. The highest BCUT2D eigenvalue weighted by molar-refractivity contribution is 5.96. The van der Waals surface area contributed by atoms with Crippen molar-refractivity contribution in [1.82, 2.24) is 19.1 Å². The number of fused-ring (bicyclic) bond motifs is 2. The first-order chi connectivity index (χ1) is 14.0. The summed E-state index contributed by atoms with van der Waals surface area (Å²) in [6.45, 7) is -0.654. The van der Waals surface area contributed by atoms with E-state index in [1.54, 1.807) is 42.5 Å². The smallest absolute Gasteiger partial charge is 0.352 e. The average Bonchev–Trinajstić information content (AvgIpc) is 3.30. The van der Waals surface area contributed by atoms with E-state index in [0.29, 0.717) is 23.3 Å². The van der Waals surface area contributed by atoms with Gasteiger partial charge in [-0.25, -0.2) is 28.4 Å². The SMILES string of the molecule is O=C1C2=CC=CCC2=C[N+]1([O-])Cn1c(=O)c2[nH]cnc2n(-c2ccccc2)c1=O. The molecule has 9 nitrogen and oxygen atoms in total. The Hall–Kier alpha value is -3.82. The number of carbonyl (C=O) groups is 1. The molecule has 0 saturated heterocycles. The monoisotopic (exact) mass is 389 g/mol. The van der Waals surface area contributed by atoms with Crippen molar-refractivity contribution < 1.29 is 9.44 Å². The van der Waals surface area contributed by atoms with Crippen LogP contribution in [0.3, 0.4) is 0 Å². The van der Waals surface area contributed by atoms with E-state index in [1.807, 2.05) is 6.08 Å². The highest BCUT2D eigenvalue weighted by atomic mass is 16.6. The van der Waals surface area contributed by atoms with Crippen molar-refractivity contribution in [1.29, 1.82) is 0 Å². The van der Waals surface area contributed by atoms with Gasteiger partial charge in [0.05, 0.1) is 17.6 Å². The third-order valence-electron chi connectivity index (χ3n) is 5.10. The molecule has 1 amide bonds. The van der Waals surface area contributed by atoms with Crippen LogP contribution >= 0.6 is 0 Å². The minimum absolute atomic E-state index is 0.0812. The Morgan fingerprint density at radius 2 is 1.97 bits per heavy atom. The Morgan fingerprint density at radius 1 is 1.17 bits per heavy atom. The number of allylic oxidation sites excluding steroid dienone is 3. The van der Waals surface area contributed by atoms with Gasteiger partial charge in [-0.15, -0.1) is 0 Å². The van der Waals surface area contributed by atoms with Crippen LogP contribution in [-0.2, 0) is 11.5 Å². The van der Waals surface area contributed by atoms with E-state index < -0.39 is 28.5 Å². The first kappa shape index (κ1) is 17.3. The lowest BCUT2D eigenvalue weighted by molar-refractivity contribution is -0.770. The van der Waals surface area contributed by atoms with Crippen LogP contribution in [-0.4, -0.2) is 29.7 Å². The van der Waals surface area contributed by atoms with Gasteiger partial charge in [-0.2, -0.15) is 0 Å². The van der Waals surface area contributed by atoms with Gasteiger partial charge in [0.15, 0.2) is 12.3 Å². The molecule has 5 rings (SSSR count). The molecule has 0 fully saturated rings. The number of rotatable bonds is 3. The van der Waals surface area contributed by atoms with Crippen molar-refractivity contribution in [3.63, 3.8) is 0 Å². The molecular weight excluding hydrogens is 374 g/mol. The molecule has 2 aliphatic rings. The average molecular weight is 389 g/mol. The number of aromatic nitrogens is 4. The molecule has 0 radical (unpaired) electrons. The summed E-state index contributed by atoms with van der Waals surface area (Å²) in [7, 11) is 0. The number of carbonyl (C=O) groups excluding carboxylic acids is 1. The molecular formula is C20H15N5O4. The largest absolute Gasteiger partial charge is 0.619 e. The Kier molecular flexibility index (Phi) is 3.63. The lowest BCUT2D eigenvalue weighted by Gasteiger charge is -2.32. The van der Waals surface area contributed by atoms with Crippen molar-refractivity contribution in [2.45, 2.75) is 13.1 Å². The highest BCUT2D eigenvalue weighted by Gasteiger charge is 2.40. The number of para-hydroxylation sites is 1. The van der Waals surface area contributed by atoms with Gasteiger partial charge < -0.3 is 10.2 Å². The number of amides is 1. The minimum Gasteiger partial charge on any atom is -0.619 e. The number of nitrogens with one attached hydrogen (secondary N) is 1. The summed E-state index contributed by atoms with van der Waals surface area (Å²) in [6, 6.07) is 8.67. The third kappa shape index (κ3) is 2.49. The highest BCUT2D eigenvalue weighted by Crippen LogP contribution is 2.33. The molecule has 0 spiro atoms. The van der Waals surface area contributed by atoms with E-state index in [4.69, 9.17) is 0 Å². The number of hydrogen-bond acceptors (Lipinski definition) is 5. The number of nitrogens with zero attached hydrogens (tertiary/aromatic N) is 4. The number of H-pyrrole nitrogens is 1. The van der Waals surface area contributed by atoms with Gasteiger partial charge in [0, 0.05) is 5.57 Å². The second kappa shape index (κ2) is 6.09. The van der Waals surface area contributed by atoms with Crippen molar-refractivity contribution in [3.05, 3.63) is 98.3 Å². The molecule has 1 aliphatic carbocycles. The van der Waals surface area contributed by atoms with Gasteiger partial charge in [0.2, 0.25) is 0 Å². The fraction of sp³-hybridized carbons (Fsp3) is 0.100. The topological polar surface area (TPSA) is 113 Å². The van der Waals surface area contributed by atoms with Crippen molar-refractivity contribution in [2.75, 3.05) is 0 Å². The summed E-state index contributed by atoms with van der Waals surface area (Å²) in [4.78, 5) is 45.7. The quantitative estimate of drug-likeness (QED) is 0.538. The molecule has 3 heterocycles. The zero-order valence-corrected chi connectivity index (χ0v) is 15.1. The van der Waals surface area contributed by atoms with Crippen LogP contribution in [0.15, 0.2) is 81.8 Å². The predicted octanol–water partition coefficient (Wildman–Crippen LogP) is 1.46. The van der Waals surface area contributed by atoms with Crippen LogP contribution < -0.4 is 11.2 Å². The molecule has 2 aromatic heterocycles. The zero-order chi connectivity index (χ0) is 20.2. The fourth-order valence-electron chi connectivity index (χ4n) is 3.72. The van der Waals surface area contributed by atoms with Crippen LogP contribution in [0, 0.1) is 5.21 Å². The fourth-order valence-corrected chi connectivity index (χ4v) is 3.72. The summed E-state index contributed by atoms with van der Waals surface area (Å²) in [5, 5.41) is 13.3. The summed E-state index contributed by atoms with van der Waals surface area (Å²) < 4.78 is 0.619. The van der Waals surface area contributed by atoms with Gasteiger partial charge in [0.25, 0.3) is 5.56 Å². The number of hydroxylamine groups is 3. The van der Waals surface area contributed by atoms with Crippen molar-refractivity contribution in [2.24, 2.45) is 0 Å². The normalized spacial score (nSPS) is 20.7. The zero-order valence-electron chi connectivity index (χ0n) is 15.1. The Balaban J connectivity index is 1.71. The van der Waals surface area contributed by atoms with Crippen LogP contribution in [0.4, 0.5) is 0 Å². The number of quaternary nitrogens is 1. The maximum Gasteiger partial charge on any atom is 0.352 e. The first-order valence-electron chi connectivity index (χ1n) is 8.96. The maximum absolute atomic E-state index is 13.3. The van der Waals surface area contributed by atoms with E-state index >= 15 is 0 Å². The summed E-state index contributed by atoms with van der Waals surface area (Å²) in [5.74, 6) is -0.688. The Morgan fingerprint density at radius 3 is 2.72 bits per heavy atom. The van der Waals surface area contributed by atoms with E-state index in [0.717, 1.165) is 4.57 Å². The van der Waals surface area contributed by atoms with E-state index in [1.165, 1.54) is 17.1 Å². The predicted molar refractivity (Wildman–Crippen MR) is 105 cm³/mol. The van der Waals surface area contributed by atoms with Crippen LogP contribution in [0.5, 0.6) is 0 Å². The van der Waals surface area contributed by atoms with E-state index in [-0.39, 0.29) is 11.2 Å². The van der Waals surface area contributed by atoms with E-state index in [2.05, 4.69) is 9.97 Å².